The maximum atomic E-state index is 12.1. The normalized spacial score (nSPS) is 21.1. The van der Waals surface area contributed by atoms with Crippen LogP contribution in [0.4, 0.5) is 0 Å². The Kier molecular flexibility index (Phi) is 4.49. The molecule has 100 valence electrons. The summed E-state index contributed by atoms with van der Waals surface area (Å²) in [5.41, 5.74) is 0. The van der Waals surface area contributed by atoms with Crippen molar-refractivity contribution in [1.29, 1.82) is 0 Å². The fraction of sp³-hybridized carbons (Fsp3) is 0.692. The fourth-order valence-electron chi connectivity index (χ4n) is 2.22. The molecule has 5 heteroatoms. The summed E-state index contributed by atoms with van der Waals surface area (Å²) in [4.78, 5) is 18.6. The Morgan fingerprint density at radius 1 is 1.61 bits per heavy atom. The van der Waals surface area contributed by atoms with Gasteiger partial charge in [-0.15, -0.1) is 0 Å². The zero-order chi connectivity index (χ0) is 13.0. The number of hydrogen-bond donors (Lipinski definition) is 0. The lowest BCUT2D eigenvalue weighted by Crippen LogP contribution is -2.45. The van der Waals surface area contributed by atoms with E-state index in [2.05, 4.69) is 16.8 Å². The van der Waals surface area contributed by atoms with Crippen LogP contribution in [-0.2, 0) is 23.0 Å². The molecule has 18 heavy (non-hydrogen) atoms. The van der Waals surface area contributed by atoms with Crippen molar-refractivity contribution in [3.63, 3.8) is 0 Å². The topological polar surface area (TPSA) is 47.4 Å². The zero-order valence-corrected chi connectivity index (χ0v) is 11.1. The van der Waals surface area contributed by atoms with Gasteiger partial charge in [-0.05, 0) is 6.54 Å². The van der Waals surface area contributed by atoms with Crippen LogP contribution in [0.5, 0.6) is 0 Å². The van der Waals surface area contributed by atoms with E-state index in [-0.39, 0.29) is 11.9 Å². The molecule has 1 aromatic rings. The smallest absolute Gasteiger partial charge is 0.163 e. The SMILES string of the molecule is CCN1CCOC(C(=O)CCc2nccn2C)C1. The van der Waals surface area contributed by atoms with E-state index < -0.39 is 0 Å². The molecule has 1 aromatic heterocycles. The third-order valence-electron chi connectivity index (χ3n) is 3.47. The molecule has 1 unspecified atom stereocenters. The van der Waals surface area contributed by atoms with E-state index in [4.69, 9.17) is 4.74 Å². The molecular formula is C13H21N3O2. The summed E-state index contributed by atoms with van der Waals surface area (Å²) in [6, 6.07) is 0. The number of carbonyl (C=O) groups excluding carboxylic acids is 1. The van der Waals surface area contributed by atoms with Crippen molar-refractivity contribution in [2.75, 3.05) is 26.2 Å². The van der Waals surface area contributed by atoms with E-state index in [1.807, 2.05) is 17.8 Å². The number of aromatic nitrogens is 2. The Bertz CT molecular complexity index is 403. The maximum Gasteiger partial charge on any atom is 0.163 e. The van der Waals surface area contributed by atoms with E-state index in [0.717, 1.165) is 25.5 Å². The summed E-state index contributed by atoms with van der Waals surface area (Å²) in [6.45, 7) is 5.41. The van der Waals surface area contributed by atoms with E-state index in [1.54, 1.807) is 6.20 Å². The van der Waals surface area contributed by atoms with E-state index in [1.165, 1.54) is 0 Å². The van der Waals surface area contributed by atoms with Crippen LogP contribution in [0, 0.1) is 0 Å². The molecule has 0 radical (unpaired) electrons. The van der Waals surface area contributed by atoms with Gasteiger partial charge in [0.2, 0.25) is 0 Å². The van der Waals surface area contributed by atoms with Crippen LogP contribution in [0.1, 0.15) is 19.2 Å². The highest BCUT2D eigenvalue weighted by atomic mass is 16.5. The largest absolute Gasteiger partial charge is 0.368 e. The minimum atomic E-state index is -0.251. The molecule has 0 spiro atoms. The monoisotopic (exact) mass is 251 g/mol. The Morgan fingerprint density at radius 2 is 2.44 bits per heavy atom. The molecule has 1 fully saturated rings. The minimum Gasteiger partial charge on any atom is -0.368 e. The first-order valence-electron chi connectivity index (χ1n) is 6.53. The van der Waals surface area contributed by atoms with Crippen LogP contribution in [0.15, 0.2) is 12.4 Å². The minimum absolute atomic E-state index is 0.191. The molecule has 0 N–H and O–H groups in total. The van der Waals surface area contributed by atoms with Gasteiger partial charge in [0, 0.05) is 45.4 Å². The van der Waals surface area contributed by atoms with Crippen molar-refractivity contribution in [1.82, 2.24) is 14.5 Å². The number of imidazole rings is 1. The zero-order valence-electron chi connectivity index (χ0n) is 11.1. The van der Waals surface area contributed by atoms with Crippen molar-refractivity contribution in [3.05, 3.63) is 18.2 Å². The summed E-state index contributed by atoms with van der Waals surface area (Å²) < 4.78 is 7.51. The first-order valence-corrected chi connectivity index (χ1v) is 6.53. The van der Waals surface area contributed by atoms with E-state index >= 15 is 0 Å². The maximum absolute atomic E-state index is 12.1. The summed E-state index contributed by atoms with van der Waals surface area (Å²) in [5.74, 6) is 1.14. The molecular weight excluding hydrogens is 230 g/mol. The highest BCUT2D eigenvalue weighted by Gasteiger charge is 2.25. The number of likely N-dealkylation sites (N-methyl/N-ethyl adjacent to an activating group) is 1. The Hall–Kier alpha value is -1.20. The summed E-state index contributed by atoms with van der Waals surface area (Å²) in [7, 11) is 1.95. The standard InChI is InChI=1S/C13H21N3O2/c1-3-16-8-9-18-12(10-16)11(17)4-5-13-14-6-7-15(13)2/h6-7,12H,3-5,8-10H2,1-2H3. The van der Waals surface area contributed by atoms with Crippen LogP contribution in [-0.4, -0.2) is 52.6 Å². The van der Waals surface area contributed by atoms with Gasteiger partial charge in [0.15, 0.2) is 5.78 Å². The molecule has 2 heterocycles. The van der Waals surface area contributed by atoms with Crippen LogP contribution in [0.2, 0.25) is 0 Å². The van der Waals surface area contributed by atoms with E-state index in [0.29, 0.717) is 19.4 Å². The van der Waals surface area contributed by atoms with Crippen LogP contribution >= 0.6 is 0 Å². The number of ether oxygens (including phenoxy) is 1. The van der Waals surface area contributed by atoms with Gasteiger partial charge in [0.05, 0.1) is 6.61 Å². The average Bonchev–Trinajstić information content (AvgIpc) is 2.81. The first-order chi connectivity index (χ1) is 8.70. The lowest BCUT2D eigenvalue weighted by Gasteiger charge is -2.31. The van der Waals surface area contributed by atoms with Crippen molar-refractivity contribution < 1.29 is 9.53 Å². The van der Waals surface area contributed by atoms with Crippen molar-refractivity contribution in [2.45, 2.75) is 25.9 Å². The van der Waals surface area contributed by atoms with Gasteiger partial charge in [-0.2, -0.15) is 0 Å². The lowest BCUT2D eigenvalue weighted by atomic mass is 10.1. The molecule has 0 saturated carbocycles. The van der Waals surface area contributed by atoms with Crippen molar-refractivity contribution >= 4 is 5.78 Å². The summed E-state index contributed by atoms with van der Waals surface area (Å²) in [5, 5.41) is 0. The predicted molar refractivity (Wildman–Crippen MR) is 68.4 cm³/mol. The van der Waals surface area contributed by atoms with Gasteiger partial charge < -0.3 is 9.30 Å². The lowest BCUT2D eigenvalue weighted by molar-refractivity contribution is -0.136. The molecule has 0 aliphatic carbocycles. The number of rotatable bonds is 5. The van der Waals surface area contributed by atoms with Crippen LogP contribution in [0.25, 0.3) is 0 Å². The second-order valence-electron chi connectivity index (χ2n) is 4.67. The highest BCUT2D eigenvalue weighted by molar-refractivity contribution is 5.83. The molecule has 2 rings (SSSR count). The van der Waals surface area contributed by atoms with Gasteiger partial charge in [-0.25, -0.2) is 4.98 Å². The van der Waals surface area contributed by atoms with Crippen LogP contribution in [0.3, 0.4) is 0 Å². The average molecular weight is 251 g/mol. The second kappa shape index (κ2) is 6.11. The molecule has 1 saturated heterocycles. The number of aryl methyl sites for hydroxylation is 2. The Morgan fingerprint density at radius 3 is 3.11 bits per heavy atom. The van der Waals surface area contributed by atoms with Gasteiger partial charge >= 0.3 is 0 Å². The number of Topliss-reactive ketones (excluding diaryl/α,β-unsaturated/α-hetero) is 1. The number of carbonyl (C=O) groups is 1. The van der Waals surface area contributed by atoms with Gasteiger partial charge in [0.25, 0.3) is 0 Å². The molecule has 0 bridgehead atoms. The molecule has 5 nitrogen and oxygen atoms in total. The third-order valence-corrected chi connectivity index (χ3v) is 3.47. The second-order valence-corrected chi connectivity index (χ2v) is 4.67. The Labute approximate surface area is 108 Å². The summed E-state index contributed by atoms with van der Waals surface area (Å²) in [6.07, 6.45) is 4.60. The summed E-state index contributed by atoms with van der Waals surface area (Å²) >= 11 is 0. The highest BCUT2D eigenvalue weighted by Crippen LogP contribution is 2.09. The number of ketones is 1. The predicted octanol–water partition coefficient (Wildman–Crippen LogP) is 0.642. The number of nitrogens with zero attached hydrogens (tertiary/aromatic N) is 3. The molecule has 0 amide bonds. The quantitative estimate of drug-likeness (QED) is 0.770. The molecule has 0 aromatic carbocycles. The molecule has 1 atom stereocenters. The fourth-order valence-corrected chi connectivity index (χ4v) is 2.22. The molecule has 1 aliphatic rings. The molecule has 1 aliphatic heterocycles. The number of hydrogen-bond acceptors (Lipinski definition) is 4. The van der Waals surface area contributed by atoms with Gasteiger partial charge in [0.1, 0.15) is 11.9 Å². The number of morpholine rings is 1. The van der Waals surface area contributed by atoms with Crippen LogP contribution < -0.4 is 0 Å². The Balaban J connectivity index is 1.82. The van der Waals surface area contributed by atoms with E-state index in [9.17, 15) is 4.79 Å². The van der Waals surface area contributed by atoms with Gasteiger partial charge in [-0.3, -0.25) is 9.69 Å². The van der Waals surface area contributed by atoms with Gasteiger partial charge in [-0.1, -0.05) is 6.92 Å². The third kappa shape index (κ3) is 3.17. The van der Waals surface area contributed by atoms with Crippen molar-refractivity contribution in [3.8, 4) is 0 Å². The first kappa shape index (κ1) is 13.2. The van der Waals surface area contributed by atoms with Crippen molar-refractivity contribution in [2.24, 2.45) is 7.05 Å².